The molecule has 0 N–H and O–H groups in total. The van der Waals surface area contributed by atoms with E-state index in [1.165, 1.54) is 20.8 Å². The van der Waals surface area contributed by atoms with E-state index in [4.69, 9.17) is 23.7 Å². The van der Waals surface area contributed by atoms with Gasteiger partial charge in [-0.25, -0.2) is 0 Å². The van der Waals surface area contributed by atoms with Crippen LogP contribution >= 0.6 is 0 Å². The van der Waals surface area contributed by atoms with Gasteiger partial charge in [0, 0.05) is 50.5 Å². The van der Waals surface area contributed by atoms with Crippen LogP contribution in [0.2, 0.25) is 0 Å². The smallest absolute Gasteiger partial charge is 0.304 e. The number of Topliss-reactive ketones (excluding diaryl/α,β-unsaturated/α-hetero) is 1. The lowest BCUT2D eigenvalue weighted by Crippen LogP contribution is -2.75. The predicted molar refractivity (Wildman–Crippen MR) is 124 cm³/mol. The molecule has 5 aliphatic rings. The first-order chi connectivity index (χ1) is 16.9. The minimum absolute atomic E-state index is 0.0355. The van der Waals surface area contributed by atoms with E-state index in [0.29, 0.717) is 18.4 Å². The predicted octanol–water partition coefficient (Wildman–Crippen LogP) is 2.74. The number of hydrogen-bond donors (Lipinski definition) is 0. The molecular weight excluding hydrogens is 468 g/mol. The molecule has 4 saturated carbocycles. The average molecular weight is 505 g/mol. The summed E-state index contributed by atoms with van der Waals surface area (Å²) in [6.07, 6.45) is 0.519. The van der Waals surface area contributed by atoms with Crippen LogP contribution in [-0.2, 0) is 42.9 Å². The Hall–Kier alpha value is -2.26. The third kappa shape index (κ3) is 3.14. The molecule has 9 nitrogen and oxygen atoms in total. The first-order valence-corrected chi connectivity index (χ1v) is 12.8. The molecule has 5 fully saturated rings. The molecule has 0 unspecified atom stereocenters. The molecule has 4 aliphatic carbocycles. The van der Waals surface area contributed by atoms with Crippen LogP contribution in [0, 0.1) is 34.0 Å². The Balaban J connectivity index is 1.72. The average Bonchev–Trinajstić information content (AvgIpc) is 2.91. The van der Waals surface area contributed by atoms with Crippen LogP contribution < -0.4 is 0 Å². The molecule has 4 bridgehead atoms. The highest BCUT2D eigenvalue weighted by atomic mass is 16.7. The van der Waals surface area contributed by atoms with Crippen molar-refractivity contribution in [1.29, 1.82) is 0 Å². The lowest BCUT2D eigenvalue weighted by atomic mass is 9.37. The minimum Gasteiger partial charge on any atom is -0.462 e. The number of carbonyl (C=O) groups is 4. The normalized spacial score (nSPS) is 46.9. The molecule has 9 heteroatoms. The van der Waals surface area contributed by atoms with Crippen molar-refractivity contribution in [3.8, 4) is 0 Å². The zero-order valence-corrected chi connectivity index (χ0v) is 21.7. The summed E-state index contributed by atoms with van der Waals surface area (Å²) in [5.74, 6) is -2.50. The lowest BCUT2D eigenvalue weighted by molar-refractivity contribution is -0.346. The van der Waals surface area contributed by atoms with E-state index < -0.39 is 70.6 Å². The quantitative estimate of drug-likeness (QED) is 0.324. The number of carbonyl (C=O) groups excluding carboxylic acids is 4. The Morgan fingerprint density at radius 2 is 1.67 bits per heavy atom. The van der Waals surface area contributed by atoms with Crippen LogP contribution in [-0.4, -0.2) is 62.0 Å². The maximum atomic E-state index is 14.2. The zero-order chi connectivity index (χ0) is 26.2. The molecule has 36 heavy (non-hydrogen) atoms. The van der Waals surface area contributed by atoms with E-state index in [0.717, 1.165) is 19.3 Å². The molecule has 0 aromatic rings. The van der Waals surface area contributed by atoms with Gasteiger partial charge in [-0.1, -0.05) is 19.9 Å². The van der Waals surface area contributed by atoms with Crippen molar-refractivity contribution >= 4 is 23.7 Å². The van der Waals surface area contributed by atoms with Crippen molar-refractivity contribution in [3.63, 3.8) is 0 Å². The Kier molecular flexibility index (Phi) is 5.91. The van der Waals surface area contributed by atoms with Gasteiger partial charge in [-0.15, -0.1) is 0 Å². The molecule has 0 aromatic heterocycles. The Morgan fingerprint density at radius 1 is 1.00 bits per heavy atom. The number of fused-ring (bicyclic) bond motifs is 1. The van der Waals surface area contributed by atoms with Crippen molar-refractivity contribution in [2.75, 3.05) is 13.7 Å². The second-order valence-electron chi connectivity index (χ2n) is 11.6. The van der Waals surface area contributed by atoms with E-state index in [-0.39, 0.29) is 18.3 Å². The number of hydrogen-bond acceptors (Lipinski definition) is 9. The van der Waals surface area contributed by atoms with Gasteiger partial charge >= 0.3 is 17.9 Å². The second kappa shape index (κ2) is 8.38. The molecule has 1 heterocycles. The first-order valence-electron chi connectivity index (χ1n) is 12.8. The van der Waals surface area contributed by atoms with Crippen molar-refractivity contribution in [2.24, 2.45) is 34.0 Å². The van der Waals surface area contributed by atoms with E-state index in [1.54, 1.807) is 7.11 Å². The fraction of sp³-hybridized carbons (Fsp3) is 0.778. The molecular formula is C27H36O9. The Bertz CT molecular complexity index is 1020. The Labute approximate surface area is 211 Å². The highest BCUT2D eigenvalue weighted by Gasteiger charge is 2.80. The van der Waals surface area contributed by atoms with E-state index in [9.17, 15) is 19.2 Å². The second-order valence-corrected chi connectivity index (χ2v) is 11.6. The van der Waals surface area contributed by atoms with Crippen molar-refractivity contribution in [3.05, 3.63) is 12.2 Å². The maximum absolute atomic E-state index is 14.2. The number of methoxy groups -OCH3 is 1. The SMILES string of the molecule is C=C1C(=O)[C@@]23[C@@H](OC)C[C@@H]4[C@@]5(C)CCC[C@@]4(CO[C@@H]5OC(C)=O)[C@@H]2[C@@H](OC(C)=O)C[C@@H]1[C@H]3OC(C)=O. The van der Waals surface area contributed by atoms with Gasteiger partial charge < -0.3 is 23.7 Å². The van der Waals surface area contributed by atoms with Gasteiger partial charge in [0.1, 0.15) is 17.6 Å². The molecule has 1 saturated heterocycles. The third-order valence-electron chi connectivity index (χ3n) is 10.0. The molecule has 0 amide bonds. The van der Waals surface area contributed by atoms with Gasteiger partial charge in [-0.05, 0) is 37.2 Å². The maximum Gasteiger partial charge on any atom is 0.304 e. The highest BCUT2D eigenvalue weighted by molar-refractivity contribution is 6.05. The number of ether oxygens (including phenoxy) is 5. The van der Waals surface area contributed by atoms with E-state index in [2.05, 4.69) is 13.5 Å². The van der Waals surface area contributed by atoms with E-state index in [1.807, 2.05) is 0 Å². The molecule has 1 spiro atoms. The van der Waals surface area contributed by atoms with Gasteiger partial charge in [0.2, 0.25) is 6.29 Å². The fourth-order valence-corrected chi connectivity index (χ4v) is 9.10. The summed E-state index contributed by atoms with van der Waals surface area (Å²) < 4.78 is 30.0. The van der Waals surface area contributed by atoms with Crippen LogP contribution in [0.1, 0.15) is 59.8 Å². The van der Waals surface area contributed by atoms with Gasteiger partial charge in [0.05, 0.1) is 12.7 Å². The number of ketones is 1. The van der Waals surface area contributed by atoms with Crippen LogP contribution in [0.3, 0.4) is 0 Å². The minimum atomic E-state index is -1.24. The summed E-state index contributed by atoms with van der Waals surface area (Å²) >= 11 is 0. The summed E-state index contributed by atoms with van der Waals surface area (Å²) in [4.78, 5) is 50.8. The summed E-state index contributed by atoms with van der Waals surface area (Å²) in [6.45, 7) is 10.5. The van der Waals surface area contributed by atoms with Crippen LogP contribution in [0.4, 0.5) is 0 Å². The van der Waals surface area contributed by atoms with Crippen molar-refractivity contribution in [1.82, 2.24) is 0 Å². The lowest BCUT2D eigenvalue weighted by Gasteiger charge is -2.70. The molecule has 1 aliphatic heterocycles. The summed E-state index contributed by atoms with van der Waals surface area (Å²) in [5.41, 5.74) is -1.94. The zero-order valence-electron chi connectivity index (χ0n) is 21.7. The van der Waals surface area contributed by atoms with Crippen LogP contribution in [0.25, 0.3) is 0 Å². The van der Waals surface area contributed by atoms with Gasteiger partial charge in [-0.3, -0.25) is 19.2 Å². The van der Waals surface area contributed by atoms with Crippen molar-refractivity contribution in [2.45, 2.75) is 84.4 Å². The third-order valence-corrected chi connectivity index (χ3v) is 10.0. The number of rotatable bonds is 4. The monoisotopic (exact) mass is 504 g/mol. The van der Waals surface area contributed by atoms with Crippen molar-refractivity contribution < 1.29 is 42.9 Å². The highest BCUT2D eigenvalue weighted by Crippen LogP contribution is 2.74. The molecule has 0 radical (unpaired) electrons. The van der Waals surface area contributed by atoms with Crippen LogP contribution in [0.15, 0.2) is 12.2 Å². The van der Waals surface area contributed by atoms with Gasteiger partial charge in [-0.2, -0.15) is 0 Å². The summed E-state index contributed by atoms with van der Waals surface area (Å²) in [7, 11) is 1.57. The molecule has 0 aromatic carbocycles. The molecule has 5 rings (SSSR count). The van der Waals surface area contributed by atoms with Gasteiger partial charge in [0.15, 0.2) is 5.78 Å². The van der Waals surface area contributed by atoms with E-state index >= 15 is 0 Å². The molecule has 10 atom stereocenters. The van der Waals surface area contributed by atoms with Gasteiger partial charge in [0.25, 0.3) is 0 Å². The van der Waals surface area contributed by atoms with Crippen LogP contribution in [0.5, 0.6) is 0 Å². The molecule has 198 valence electrons. The summed E-state index contributed by atoms with van der Waals surface area (Å²) in [6, 6.07) is 0. The topological polar surface area (TPSA) is 114 Å². The fourth-order valence-electron chi connectivity index (χ4n) is 9.10. The standard InChI is InChI=1S/C27H36O9/c1-13-17-10-18(34-14(2)28)21-26-9-7-8-25(5,24(33-12-26)36-16(4)30)19(26)11-20(32-6)27(21,22(13)31)23(17)35-15(3)29/h17-21,23-24H,1,7-12H2,2-6H3/t17-,18-,19+,20-,21-,23+,24+,25+,26-,27+/m0/s1. The largest absolute Gasteiger partial charge is 0.462 e. The Morgan fingerprint density at radius 3 is 2.28 bits per heavy atom. The number of esters is 3. The first kappa shape index (κ1) is 25.4. The summed E-state index contributed by atoms with van der Waals surface area (Å²) in [5, 5.41) is 0.